The first-order valence-electron chi connectivity index (χ1n) is 32.0. The van der Waals surface area contributed by atoms with Gasteiger partial charge in [-0.25, -0.2) is 0 Å². The summed E-state index contributed by atoms with van der Waals surface area (Å²) in [6.45, 7) is 41.6. The normalized spacial score (nSPS) is 38.0. The van der Waals surface area contributed by atoms with Gasteiger partial charge in [-0.05, 0) is 53.3 Å². The predicted molar refractivity (Wildman–Crippen MR) is 341 cm³/mol. The zero-order chi connectivity index (χ0) is 71.2. The van der Waals surface area contributed by atoms with Crippen molar-refractivity contribution in [1.82, 2.24) is 0 Å². The van der Waals surface area contributed by atoms with Crippen LogP contribution >= 0.6 is 34.8 Å². The van der Waals surface area contributed by atoms with Gasteiger partial charge in [0, 0.05) is 59.3 Å². The van der Waals surface area contributed by atoms with Crippen molar-refractivity contribution in [2.75, 3.05) is 52.9 Å². The Labute approximate surface area is 569 Å². The minimum Gasteiger partial charge on any atom is -0.463 e. The number of esters is 6. The van der Waals surface area contributed by atoms with Gasteiger partial charge in [-0.1, -0.05) is 130 Å². The van der Waals surface area contributed by atoms with Gasteiger partial charge in [0.25, 0.3) is 3.79 Å². The summed E-state index contributed by atoms with van der Waals surface area (Å²) in [5.41, 5.74) is 0. The van der Waals surface area contributed by atoms with Gasteiger partial charge in [0.05, 0.1) is 51.3 Å². The van der Waals surface area contributed by atoms with E-state index < -0.39 is 108 Å². The molecule has 6 aliphatic rings. The molecule has 0 aromatic heterocycles. The van der Waals surface area contributed by atoms with E-state index in [9.17, 15) is 39.0 Å². The fraction of sp³-hybridized carbons (Fsp3) is 0.831. The number of alkyl halides is 3. The largest absolute Gasteiger partial charge is 0.463 e. The second-order valence-electron chi connectivity index (χ2n) is 25.4. The zero-order valence-electron chi connectivity index (χ0n) is 57.7. The monoisotopic (exact) mass is 1410 g/mol. The molecule has 6 heterocycles. The molecular weight excluding hydrogens is 1300 g/mol. The maximum Gasteiger partial charge on any atom is 0.303 e. The molecule has 0 saturated carbocycles. The van der Waals surface area contributed by atoms with Crippen molar-refractivity contribution in [3.05, 3.63) is 25.3 Å². The first-order chi connectivity index (χ1) is 43.9. The lowest BCUT2D eigenvalue weighted by Crippen LogP contribution is -2.57. The number of rotatable bonds is 20. The topological polar surface area (TPSA) is 324 Å². The van der Waals surface area contributed by atoms with Crippen LogP contribution in [0.1, 0.15) is 125 Å². The molecule has 0 spiro atoms. The van der Waals surface area contributed by atoms with Crippen molar-refractivity contribution in [2.24, 2.45) is 71.0 Å². The van der Waals surface area contributed by atoms with E-state index >= 15 is 0 Å². The standard InChI is InChI=1S/C22H36O8.C19H32O8.C13H22O5.C11H16Cl3NO4/c1-8-9-25-21-20(15(5)14(4)18(29-21)11-26-16(6)23)30-22-19(28-17(7)24)13(3)12(2)10-27-22;1-9-7-24-19(17(10(9)2)25-14(6)21)27-16-12(4)11(3)15(26-18(16)22)8-23-13(5)20;1-5-6-16-13-12(15)9(3)8(2)11(18-13)7-17-10(4)14;1-5-4-17-9(19-10(15)11(12,13)14)8(6(5)2)18-7(3)16/h8,12-15,18-22H,1,9-11H2,2-7H3;9-12,15-19,22H,7-8H2,1-6H3;5,8-9,11-13,15H,1,6-7H2,2-4H3;5-6,8-9,15H,4H2,1-3H3/t12-,13+,14+,15+,18?,19?,20?,21-,22+;9-,10+,11+,12+,15?,16?,17?,18?,19+;8-,9-,11?,12?,13+;5-,6+,8?,9?/m1101/s1. The SMILES string of the molecule is C=CCO[C@@H]1OC(COC(C)=O)[C@@H](C)[C@H](C)C1O.C=CCO[C@@H]1OC(COC(C)=O)[C@@H](C)[C@H](C)C1O[C@@H]1OC[C@@H](C)[C@H](C)C1OC(C)=O.CC(=O)OC1C(OC(=N)C(Cl)(Cl)Cl)OC[C@@H](C)[C@@H]1C.CC(=O)OCC1OC(O)C(O[C@@H]2OC[C@@H](C)[C@H](C)C2OC(C)=O)[C@@H](C)[C@@H]1C. The van der Waals surface area contributed by atoms with Crippen LogP contribution in [0.2, 0.25) is 0 Å². The molecule has 0 aliphatic carbocycles. The molecule has 0 aromatic rings. The van der Waals surface area contributed by atoms with Crippen molar-refractivity contribution >= 4 is 76.5 Å². The summed E-state index contributed by atoms with van der Waals surface area (Å²) in [5, 5.41) is 28.0. The number of carbonyl (C=O) groups excluding carboxylic acids is 6. The highest BCUT2D eigenvalue weighted by Crippen LogP contribution is 2.40. The minimum absolute atomic E-state index is 0.00496. The van der Waals surface area contributed by atoms with Gasteiger partial charge < -0.3 is 90.7 Å². The fourth-order valence-corrected chi connectivity index (χ4v) is 11.2. The molecule has 26 nitrogen and oxygen atoms in total. The molecule has 29 heteroatoms. The minimum atomic E-state index is -1.98. The van der Waals surface area contributed by atoms with Gasteiger partial charge in [-0.15, -0.1) is 13.2 Å². The van der Waals surface area contributed by atoms with E-state index in [1.165, 1.54) is 41.5 Å². The van der Waals surface area contributed by atoms with Crippen LogP contribution in [0.15, 0.2) is 25.3 Å². The number of carbonyl (C=O) groups is 6. The van der Waals surface area contributed by atoms with Crippen LogP contribution in [0.3, 0.4) is 0 Å². The first kappa shape index (κ1) is 84.4. The Kier molecular flexibility index (Phi) is 36.2. The van der Waals surface area contributed by atoms with Crippen molar-refractivity contribution in [1.29, 1.82) is 5.41 Å². The van der Waals surface area contributed by atoms with Gasteiger partial charge in [0.2, 0.25) is 12.2 Å². The second-order valence-corrected chi connectivity index (χ2v) is 27.7. The number of ether oxygens (including phenoxy) is 17. The molecule has 6 fully saturated rings. The van der Waals surface area contributed by atoms with E-state index in [2.05, 4.69) is 20.1 Å². The summed E-state index contributed by atoms with van der Waals surface area (Å²) >= 11 is 16.6. The van der Waals surface area contributed by atoms with Crippen molar-refractivity contribution in [3.63, 3.8) is 0 Å². The Morgan fingerprint density at radius 3 is 1.14 bits per heavy atom. The molecule has 0 aromatic carbocycles. The average molecular weight is 1410 g/mol. The molecule has 11 unspecified atom stereocenters. The number of aliphatic hydroxyl groups is 2. The highest BCUT2D eigenvalue weighted by molar-refractivity contribution is 6.76. The average Bonchev–Trinajstić information content (AvgIpc) is 0.812. The summed E-state index contributed by atoms with van der Waals surface area (Å²) in [6, 6.07) is 0. The van der Waals surface area contributed by atoms with Gasteiger partial charge in [0.15, 0.2) is 49.8 Å². The Morgan fingerprint density at radius 1 is 0.436 bits per heavy atom. The van der Waals surface area contributed by atoms with Crippen LogP contribution in [-0.4, -0.2) is 201 Å². The van der Waals surface area contributed by atoms with Gasteiger partial charge in [-0.2, -0.15) is 0 Å². The Balaban J connectivity index is 0.000000334. The van der Waals surface area contributed by atoms with Crippen LogP contribution in [0.25, 0.3) is 0 Å². The Bertz CT molecular complexity index is 2410. The highest BCUT2D eigenvalue weighted by atomic mass is 35.6. The Morgan fingerprint density at radius 2 is 0.766 bits per heavy atom. The van der Waals surface area contributed by atoms with Gasteiger partial charge >= 0.3 is 35.8 Å². The summed E-state index contributed by atoms with van der Waals surface area (Å²) in [7, 11) is 0. The van der Waals surface area contributed by atoms with E-state index in [0.29, 0.717) is 26.4 Å². The van der Waals surface area contributed by atoms with Crippen LogP contribution < -0.4 is 0 Å². The number of nitrogens with one attached hydrogen (secondary N) is 1. The van der Waals surface area contributed by atoms with E-state index in [0.717, 1.165) is 0 Å². The van der Waals surface area contributed by atoms with E-state index in [4.69, 9.17) is 121 Å². The molecule has 6 rings (SSSR count). The third-order valence-corrected chi connectivity index (χ3v) is 18.8. The summed E-state index contributed by atoms with van der Waals surface area (Å²) in [6.07, 6.45) is -6.35. The molecule has 6 saturated heterocycles. The van der Waals surface area contributed by atoms with Gasteiger partial charge in [0.1, 0.15) is 38.1 Å². The fourth-order valence-electron chi connectivity index (χ4n) is 11.0. The molecule has 542 valence electrons. The molecule has 0 radical (unpaired) electrons. The first-order valence-corrected chi connectivity index (χ1v) is 33.2. The lowest BCUT2D eigenvalue weighted by molar-refractivity contribution is -0.335. The molecular formula is C65H106Cl3NO25. The van der Waals surface area contributed by atoms with Crippen molar-refractivity contribution < 1.29 is 120 Å². The zero-order valence-corrected chi connectivity index (χ0v) is 60.0. The lowest BCUT2D eigenvalue weighted by Gasteiger charge is -2.47. The third-order valence-electron chi connectivity index (χ3n) is 18.3. The smallest absolute Gasteiger partial charge is 0.303 e. The maximum atomic E-state index is 11.7. The van der Waals surface area contributed by atoms with E-state index in [-0.39, 0.29) is 128 Å². The van der Waals surface area contributed by atoms with E-state index in [1.807, 2.05) is 76.2 Å². The lowest BCUT2D eigenvalue weighted by atomic mass is 9.83. The predicted octanol–water partition coefficient (Wildman–Crippen LogP) is 8.20. The van der Waals surface area contributed by atoms with Crippen molar-refractivity contribution in [3.8, 4) is 0 Å². The van der Waals surface area contributed by atoms with Crippen LogP contribution in [-0.2, 0) is 109 Å². The summed E-state index contributed by atoms with van der Waals surface area (Å²) in [5.74, 6) is -2.11. The number of hydrogen-bond donors (Lipinski definition) is 3. The molecule has 0 bridgehead atoms. The highest BCUT2D eigenvalue weighted by Gasteiger charge is 2.50. The maximum absolute atomic E-state index is 11.7. The third kappa shape index (κ3) is 26.1. The molecule has 94 heavy (non-hydrogen) atoms. The van der Waals surface area contributed by atoms with Crippen LogP contribution in [0, 0.1) is 76.4 Å². The molecule has 6 aliphatic heterocycles. The number of halogens is 3. The number of aliphatic hydroxyl groups excluding tert-OH is 2. The second kappa shape index (κ2) is 40.3. The van der Waals surface area contributed by atoms with Gasteiger partial charge in [-0.3, -0.25) is 34.2 Å². The summed E-state index contributed by atoms with van der Waals surface area (Å²) in [4.78, 5) is 67.4. The number of hydrogen-bond acceptors (Lipinski definition) is 26. The van der Waals surface area contributed by atoms with E-state index in [1.54, 1.807) is 12.2 Å². The molecule has 0 amide bonds. The van der Waals surface area contributed by atoms with Crippen LogP contribution in [0.5, 0.6) is 0 Å². The van der Waals surface area contributed by atoms with Crippen LogP contribution in [0.4, 0.5) is 0 Å². The van der Waals surface area contributed by atoms with Crippen molar-refractivity contribution in [2.45, 2.75) is 221 Å². The Hall–Kier alpha value is -3.84. The molecule has 3 N–H and O–H groups in total. The quantitative estimate of drug-likeness (QED) is 0.0258. The summed E-state index contributed by atoms with van der Waals surface area (Å²) < 4.78 is 92.6. The molecule has 27 atom stereocenters.